The average Bonchev–Trinajstić information content (AvgIpc) is 3.02. The summed E-state index contributed by atoms with van der Waals surface area (Å²) in [6.07, 6.45) is 0.785. The zero-order chi connectivity index (χ0) is 16.2. The van der Waals surface area contributed by atoms with E-state index in [-0.39, 0.29) is 11.8 Å². The molecule has 1 fully saturated rings. The van der Waals surface area contributed by atoms with Crippen LogP contribution in [-0.2, 0) is 26.1 Å². The fourth-order valence-electron chi connectivity index (χ4n) is 2.04. The predicted octanol–water partition coefficient (Wildman–Crippen LogP) is 1.43. The van der Waals surface area contributed by atoms with E-state index in [9.17, 15) is 13.2 Å². The van der Waals surface area contributed by atoms with Crippen molar-refractivity contribution >= 4 is 27.3 Å². The molecule has 1 aromatic rings. The summed E-state index contributed by atoms with van der Waals surface area (Å²) in [6.45, 7) is 5.85. The number of rotatable bonds is 6. The van der Waals surface area contributed by atoms with E-state index in [1.165, 1.54) is 15.6 Å². The molecule has 0 radical (unpaired) electrons. The van der Waals surface area contributed by atoms with Crippen LogP contribution in [0, 0.1) is 5.92 Å². The van der Waals surface area contributed by atoms with Crippen molar-refractivity contribution in [2.75, 3.05) is 26.3 Å². The van der Waals surface area contributed by atoms with Gasteiger partial charge in [-0.05, 0) is 18.6 Å². The molecule has 2 heterocycles. The quantitative estimate of drug-likeness (QED) is 0.845. The van der Waals surface area contributed by atoms with E-state index in [1.807, 2.05) is 13.8 Å². The minimum absolute atomic E-state index is 0.00603. The predicted molar refractivity (Wildman–Crippen MR) is 85.2 cm³/mol. The fraction of sp³-hybridized carbons (Fsp3) is 0.643. The summed E-state index contributed by atoms with van der Waals surface area (Å²) >= 11 is 1.21. The van der Waals surface area contributed by atoms with E-state index in [1.54, 1.807) is 12.1 Å². The summed E-state index contributed by atoms with van der Waals surface area (Å²) in [5.41, 5.74) is 0. The lowest BCUT2D eigenvalue weighted by Crippen LogP contribution is -2.40. The summed E-state index contributed by atoms with van der Waals surface area (Å²) in [5, 5.41) is 2.84. The number of hydrogen-bond donors (Lipinski definition) is 1. The summed E-state index contributed by atoms with van der Waals surface area (Å²) in [5.74, 6) is -0.0370. The zero-order valence-electron chi connectivity index (χ0n) is 12.9. The van der Waals surface area contributed by atoms with Crippen LogP contribution in [0.3, 0.4) is 0 Å². The number of nitrogens with one attached hydrogen (secondary N) is 1. The molecule has 2 rings (SSSR count). The van der Waals surface area contributed by atoms with Gasteiger partial charge in [-0.1, -0.05) is 13.8 Å². The Morgan fingerprint density at radius 3 is 2.73 bits per heavy atom. The molecule has 6 nitrogen and oxygen atoms in total. The number of morpholine rings is 1. The van der Waals surface area contributed by atoms with Gasteiger partial charge in [-0.3, -0.25) is 4.79 Å². The highest BCUT2D eigenvalue weighted by molar-refractivity contribution is 7.91. The molecule has 0 bridgehead atoms. The number of nitrogens with zero attached hydrogens (tertiary/aromatic N) is 1. The molecule has 124 valence electrons. The molecular weight excluding hydrogens is 324 g/mol. The van der Waals surface area contributed by atoms with Gasteiger partial charge in [0.2, 0.25) is 5.91 Å². The van der Waals surface area contributed by atoms with Crippen LogP contribution >= 0.6 is 11.3 Å². The maximum atomic E-state index is 12.5. The normalized spacial score (nSPS) is 18.1. The first-order valence-corrected chi connectivity index (χ1v) is 9.65. The van der Waals surface area contributed by atoms with E-state index >= 15 is 0 Å². The highest BCUT2D eigenvalue weighted by atomic mass is 32.2. The number of amides is 1. The van der Waals surface area contributed by atoms with Gasteiger partial charge in [0.05, 0.1) is 19.8 Å². The highest BCUT2D eigenvalue weighted by Gasteiger charge is 2.27. The number of sulfonamides is 1. The largest absolute Gasteiger partial charge is 0.379 e. The second-order valence-corrected chi connectivity index (χ2v) is 8.60. The third-order valence-electron chi connectivity index (χ3n) is 3.70. The molecule has 1 N–H and O–H groups in total. The van der Waals surface area contributed by atoms with Crippen LogP contribution in [0.5, 0.6) is 0 Å². The number of carbonyl (C=O) groups excluding carboxylic acids is 1. The number of thiophene rings is 1. The van der Waals surface area contributed by atoms with Gasteiger partial charge in [0, 0.05) is 23.9 Å². The number of hydrogen-bond acceptors (Lipinski definition) is 5. The first-order chi connectivity index (χ1) is 10.4. The minimum Gasteiger partial charge on any atom is -0.379 e. The summed E-state index contributed by atoms with van der Waals surface area (Å²) in [4.78, 5) is 12.6. The van der Waals surface area contributed by atoms with Crippen molar-refractivity contribution in [1.82, 2.24) is 9.62 Å². The molecule has 0 aromatic carbocycles. The average molecular weight is 346 g/mol. The van der Waals surface area contributed by atoms with E-state index in [2.05, 4.69) is 5.32 Å². The molecule has 0 saturated carbocycles. The van der Waals surface area contributed by atoms with E-state index in [4.69, 9.17) is 4.74 Å². The topological polar surface area (TPSA) is 75.7 Å². The summed E-state index contributed by atoms with van der Waals surface area (Å²) < 4.78 is 31.9. The first kappa shape index (κ1) is 17.4. The molecule has 1 amide bonds. The molecule has 0 unspecified atom stereocenters. The maximum absolute atomic E-state index is 12.5. The third-order valence-corrected chi connectivity index (χ3v) is 7.15. The Kier molecular flexibility index (Phi) is 5.96. The molecule has 1 aliphatic rings. The lowest BCUT2D eigenvalue weighted by atomic mass is 10.1. The molecule has 8 heteroatoms. The molecule has 1 aromatic heterocycles. The standard InChI is InChI=1S/C14H22N2O4S2/c1-3-11(2)14(17)15-10-12-4-5-13(21-12)22(18,19)16-6-8-20-9-7-16/h4-5,11H,3,6-10H2,1-2H3,(H,15,17)/t11-/m0/s1. The first-order valence-electron chi connectivity index (χ1n) is 7.39. The molecule has 1 aliphatic heterocycles. The second-order valence-electron chi connectivity index (χ2n) is 5.26. The Morgan fingerprint density at radius 2 is 2.09 bits per heavy atom. The lowest BCUT2D eigenvalue weighted by Gasteiger charge is -2.25. The number of ether oxygens (including phenoxy) is 1. The van der Waals surface area contributed by atoms with Gasteiger partial charge in [0.1, 0.15) is 4.21 Å². The van der Waals surface area contributed by atoms with Gasteiger partial charge >= 0.3 is 0 Å². The van der Waals surface area contributed by atoms with E-state index < -0.39 is 10.0 Å². The van der Waals surface area contributed by atoms with Gasteiger partial charge in [0.25, 0.3) is 10.0 Å². The van der Waals surface area contributed by atoms with Crippen molar-refractivity contribution in [3.8, 4) is 0 Å². The van der Waals surface area contributed by atoms with Crippen LogP contribution in [0.1, 0.15) is 25.1 Å². The summed E-state index contributed by atoms with van der Waals surface area (Å²) in [7, 11) is -3.44. The molecule has 22 heavy (non-hydrogen) atoms. The fourth-order valence-corrected chi connectivity index (χ4v) is 4.90. The second kappa shape index (κ2) is 7.54. The zero-order valence-corrected chi connectivity index (χ0v) is 14.5. The van der Waals surface area contributed by atoms with Crippen LogP contribution < -0.4 is 5.32 Å². The van der Waals surface area contributed by atoms with Crippen LogP contribution in [0.15, 0.2) is 16.3 Å². The van der Waals surface area contributed by atoms with Crippen molar-refractivity contribution in [3.05, 3.63) is 17.0 Å². The molecule has 1 saturated heterocycles. The Balaban J connectivity index is 2.00. The SMILES string of the molecule is CC[C@H](C)C(=O)NCc1ccc(S(=O)(=O)N2CCOCC2)s1. The van der Waals surface area contributed by atoms with Gasteiger partial charge in [-0.2, -0.15) is 4.31 Å². The van der Waals surface area contributed by atoms with Crippen LogP contribution in [0.25, 0.3) is 0 Å². The Labute approximate surface area is 135 Å². The molecule has 0 spiro atoms. The van der Waals surface area contributed by atoms with Crippen molar-refractivity contribution in [1.29, 1.82) is 0 Å². The minimum atomic E-state index is -3.44. The van der Waals surface area contributed by atoms with Crippen molar-refractivity contribution in [3.63, 3.8) is 0 Å². The van der Waals surface area contributed by atoms with Crippen molar-refractivity contribution in [2.24, 2.45) is 5.92 Å². The van der Waals surface area contributed by atoms with Crippen LogP contribution in [0.4, 0.5) is 0 Å². The molecule has 0 aliphatic carbocycles. The van der Waals surface area contributed by atoms with Gasteiger partial charge < -0.3 is 10.1 Å². The van der Waals surface area contributed by atoms with Crippen LogP contribution in [-0.4, -0.2) is 44.9 Å². The summed E-state index contributed by atoms with van der Waals surface area (Å²) in [6, 6.07) is 3.37. The molecular formula is C14H22N2O4S2. The highest BCUT2D eigenvalue weighted by Crippen LogP contribution is 2.25. The van der Waals surface area contributed by atoms with Crippen LogP contribution in [0.2, 0.25) is 0 Å². The Hall–Kier alpha value is -0.960. The Bertz CT molecular complexity index is 606. The van der Waals surface area contributed by atoms with Gasteiger partial charge in [-0.15, -0.1) is 11.3 Å². The molecule has 1 atom stereocenters. The van der Waals surface area contributed by atoms with Gasteiger partial charge in [0.15, 0.2) is 0 Å². The third kappa shape index (κ3) is 4.07. The lowest BCUT2D eigenvalue weighted by molar-refractivity contribution is -0.124. The van der Waals surface area contributed by atoms with E-state index in [0.29, 0.717) is 37.1 Å². The smallest absolute Gasteiger partial charge is 0.252 e. The van der Waals surface area contributed by atoms with Crippen molar-refractivity contribution < 1.29 is 17.9 Å². The van der Waals surface area contributed by atoms with E-state index in [0.717, 1.165) is 11.3 Å². The Morgan fingerprint density at radius 1 is 1.41 bits per heavy atom. The number of carbonyl (C=O) groups is 1. The maximum Gasteiger partial charge on any atom is 0.252 e. The monoisotopic (exact) mass is 346 g/mol. The van der Waals surface area contributed by atoms with Gasteiger partial charge in [-0.25, -0.2) is 8.42 Å². The van der Waals surface area contributed by atoms with Crippen molar-refractivity contribution in [2.45, 2.75) is 31.0 Å².